The standard InChI is InChI=1S/C8H10O5/c1-10-5-4-13-7(6(5)11-2)8(9)12-3/h4H,1-3H3. The molecule has 0 amide bonds. The van der Waals surface area contributed by atoms with Crippen molar-refractivity contribution in [3.63, 3.8) is 0 Å². The quantitative estimate of drug-likeness (QED) is 0.661. The Morgan fingerprint density at radius 3 is 2.46 bits per heavy atom. The molecule has 0 saturated carbocycles. The number of methoxy groups -OCH3 is 3. The van der Waals surface area contributed by atoms with E-state index in [-0.39, 0.29) is 11.5 Å². The molecule has 1 heterocycles. The summed E-state index contributed by atoms with van der Waals surface area (Å²) in [6, 6.07) is 0. The molecule has 0 spiro atoms. The molecule has 5 heteroatoms. The van der Waals surface area contributed by atoms with Gasteiger partial charge in [0.1, 0.15) is 6.26 Å². The van der Waals surface area contributed by atoms with Crippen LogP contribution in [0.4, 0.5) is 0 Å². The second-order valence-corrected chi connectivity index (χ2v) is 2.16. The summed E-state index contributed by atoms with van der Waals surface area (Å²) in [4.78, 5) is 11.1. The number of carbonyl (C=O) groups excluding carboxylic acids is 1. The van der Waals surface area contributed by atoms with Gasteiger partial charge in [0.25, 0.3) is 5.76 Å². The molecule has 0 unspecified atom stereocenters. The van der Waals surface area contributed by atoms with E-state index in [0.717, 1.165) is 0 Å². The van der Waals surface area contributed by atoms with Crippen LogP contribution >= 0.6 is 0 Å². The van der Waals surface area contributed by atoms with Crippen LogP contribution < -0.4 is 9.47 Å². The van der Waals surface area contributed by atoms with Gasteiger partial charge in [0.2, 0.25) is 11.5 Å². The van der Waals surface area contributed by atoms with Crippen LogP contribution in [0.15, 0.2) is 10.7 Å². The first-order valence-electron chi connectivity index (χ1n) is 3.52. The third-order valence-electron chi connectivity index (χ3n) is 1.51. The van der Waals surface area contributed by atoms with Crippen LogP contribution in [0.25, 0.3) is 0 Å². The summed E-state index contributed by atoms with van der Waals surface area (Å²) in [5.41, 5.74) is 0. The molecule has 0 aliphatic heterocycles. The first-order chi connectivity index (χ1) is 6.24. The first kappa shape index (κ1) is 9.44. The average Bonchev–Trinajstić information content (AvgIpc) is 2.58. The van der Waals surface area contributed by atoms with E-state index in [1.807, 2.05) is 0 Å². The molecule has 72 valence electrons. The number of rotatable bonds is 3. The lowest BCUT2D eigenvalue weighted by molar-refractivity contribution is 0.0560. The number of hydrogen-bond donors (Lipinski definition) is 0. The van der Waals surface area contributed by atoms with Crippen LogP contribution in [-0.2, 0) is 4.74 Å². The molecule has 5 nitrogen and oxygen atoms in total. The monoisotopic (exact) mass is 186 g/mol. The molecule has 0 radical (unpaired) electrons. The van der Waals surface area contributed by atoms with Gasteiger partial charge in [0.05, 0.1) is 21.3 Å². The van der Waals surface area contributed by atoms with Crippen molar-refractivity contribution in [2.24, 2.45) is 0 Å². The zero-order chi connectivity index (χ0) is 9.84. The predicted molar refractivity (Wildman–Crippen MR) is 43.2 cm³/mol. The van der Waals surface area contributed by atoms with Crippen molar-refractivity contribution in [2.75, 3.05) is 21.3 Å². The summed E-state index contributed by atoms with van der Waals surface area (Å²) < 4.78 is 19.2. The highest BCUT2D eigenvalue weighted by molar-refractivity contribution is 5.90. The topological polar surface area (TPSA) is 57.9 Å². The second kappa shape index (κ2) is 3.84. The van der Waals surface area contributed by atoms with Gasteiger partial charge in [-0.15, -0.1) is 0 Å². The minimum atomic E-state index is -0.597. The van der Waals surface area contributed by atoms with Crippen LogP contribution in [0.3, 0.4) is 0 Å². The van der Waals surface area contributed by atoms with E-state index < -0.39 is 5.97 Å². The molecule has 1 rings (SSSR count). The van der Waals surface area contributed by atoms with Gasteiger partial charge >= 0.3 is 5.97 Å². The van der Waals surface area contributed by atoms with Gasteiger partial charge in [0, 0.05) is 0 Å². The van der Waals surface area contributed by atoms with Crippen molar-refractivity contribution >= 4 is 5.97 Å². The van der Waals surface area contributed by atoms with Crippen LogP contribution in [0.2, 0.25) is 0 Å². The van der Waals surface area contributed by atoms with E-state index in [0.29, 0.717) is 5.75 Å². The smallest absolute Gasteiger partial charge is 0.378 e. The zero-order valence-corrected chi connectivity index (χ0v) is 7.62. The summed E-state index contributed by atoms with van der Waals surface area (Å²) in [7, 11) is 4.13. The Bertz CT molecular complexity index is 301. The predicted octanol–water partition coefficient (Wildman–Crippen LogP) is 1.08. The highest BCUT2D eigenvalue weighted by Crippen LogP contribution is 2.33. The lowest BCUT2D eigenvalue weighted by Crippen LogP contribution is -2.01. The van der Waals surface area contributed by atoms with E-state index in [9.17, 15) is 4.79 Å². The Kier molecular flexibility index (Phi) is 2.79. The number of furan rings is 1. The van der Waals surface area contributed by atoms with Gasteiger partial charge < -0.3 is 18.6 Å². The number of carbonyl (C=O) groups is 1. The SMILES string of the molecule is COC(=O)c1occ(OC)c1OC. The molecule has 0 N–H and O–H groups in total. The minimum Gasteiger partial charge on any atom is -0.490 e. The Hall–Kier alpha value is -1.65. The largest absolute Gasteiger partial charge is 0.490 e. The van der Waals surface area contributed by atoms with E-state index in [1.165, 1.54) is 27.6 Å². The molecule has 0 saturated heterocycles. The maximum Gasteiger partial charge on any atom is 0.378 e. The summed E-state index contributed by atoms with van der Waals surface area (Å²) in [5, 5.41) is 0. The van der Waals surface area contributed by atoms with Crippen molar-refractivity contribution in [1.82, 2.24) is 0 Å². The molecule has 0 aromatic carbocycles. The number of hydrogen-bond acceptors (Lipinski definition) is 5. The maximum absolute atomic E-state index is 11.1. The van der Waals surface area contributed by atoms with Crippen molar-refractivity contribution in [3.05, 3.63) is 12.0 Å². The number of esters is 1. The zero-order valence-electron chi connectivity index (χ0n) is 7.62. The molecule has 1 aromatic rings. The molecule has 0 fully saturated rings. The van der Waals surface area contributed by atoms with Crippen molar-refractivity contribution in [3.8, 4) is 11.5 Å². The summed E-state index contributed by atoms with van der Waals surface area (Å²) >= 11 is 0. The third kappa shape index (κ3) is 1.58. The van der Waals surface area contributed by atoms with Gasteiger partial charge in [-0.2, -0.15) is 0 Å². The van der Waals surface area contributed by atoms with Gasteiger partial charge in [0.15, 0.2) is 0 Å². The summed E-state index contributed by atoms with van der Waals surface area (Å²) in [6.07, 6.45) is 1.28. The first-order valence-corrected chi connectivity index (χ1v) is 3.52. The molecule has 0 bridgehead atoms. The Balaban J connectivity index is 3.07. The summed E-state index contributed by atoms with van der Waals surface area (Å²) in [6.45, 7) is 0. The molecular weight excluding hydrogens is 176 g/mol. The van der Waals surface area contributed by atoms with Crippen LogP contribution in [0.5, 0.6) is 11.5 Å². The van der Waals surface area contributed by atoms with E-state index in [2.05, 4.69) is 4.74 Å². The molecular formula is C8H10O5. The van der Waals surface area contributed by atoms with Gasteiger partial charge in [-0.3, -0.25) is 0 Å². The fourth-order valence-electron chi connectivity index (χ4n) is 0.899. The minimum absolute atomic E-state index is 0.00171. The Morgan fingerprint density at radius 2 is 2.00 bits per heavy atom. The second-order valence-electron chi connectivity index (χ2n) is 2.16. The lowest BCUT2D eigenvalue weighted by atomic mass is 10.4. The van der Waals surface area contributed by atoms with Crippen LogP contribution in [-0.4, -0.2) is 27.3 Å². The molecule has 0 atom stereocenters. The van der Waals surface area contributed by atoms with E-state index in [4.69, 9.17) is 13.9 Å². The maximum atomic E-state index is 11.1. The Morgan fingerprint density at radius 1 is 1.31 bits per heavy atom. The molecule has 0 aliphatic carbocycles. The van der Waals surface area contributed by atoms with Gasteiger partial charge in [-0.1, -0.05) is 0 Å². The fraction of sp³-hybridized carbons (Fsp3) is 0.375. The molecule has 0 aliphatic rings. The van der Waals surface area contributed by atoms with Crippen molar-refractivity contribution in [1.29, 1.82) is 0 Å². The van der Waals surface area contributed by atoms with Crippen LogP contribution in [0.1, 0.15) is 10.6 Å². The highest BCUT2D eigenvalue weighted by Gasteiger charge is 2.22. The number of ether oxygens (including phenoxy) is 3. The molecule has 1 aromatic heterocycles. The van der Waals surface area contributed by atoms with Crippen molar-refractivity contribution in [2.45, 2.75) is 0 Å². The van der Waals surface area contributed by atoms with Crippen LogP contribution in [0, 0.1) is 0 Å². The van der Waals surface area contributed by atoms with E-state index in [1.54, 1.807) is 0 Å². The average molecular weight is 186 g/mol. The highest BCUT2D eigenvalue weighted by atomic mass is 16.6. The van der Waals surface area contributed by atoms with Crippen molar-refractivity contribution < 1.29 is 23.4 Å². The third-order valence-corrected chi connectivity index (χ3v) is 1.51. The molecule has 13 heavy (non-hydrogen) atoms. The van der Waals surface area contributed by atoms with Gasteiger partial charge in [-0.25, -0.2) is 4.79 Å². The lowest BCUT2D eigenvalue weighted by Gasteiger charge is -2.00. The van der Waals surface area contributed by atoms with E-state index >= 15 is 0 Å². The Labute approximate surface area is 75.2 Å². The fourth-order valence-corrected chi connectivity index (χ4v) is 0.899. The normalized spacial score (nSPS) is 9.46. The summed E-state index contributed by atoms with van der Waals surface area (Å²) in [5.74, 6) is 0.0132. The van der Waals surface area contributed by atoms with Gasteiger partial charge in [-0.05, 0) is 0 Å².